The molecule has 2 aliphatic rings. The number of nitrogens with zero attached hydrogens (tertiary/aromatic N) is 5. The highest BCUT2D eigenvalue weighted by molar-refractivity contribution is 7.47. The summed E-state index contributed by atoms with van der Waals surface area (Å²) in [6.07, 6.45) is 1.86. The molecule has 2 saturated heterocycles. The van der Waals surface area contributed by atoms with Crippen LogP contribution in [-0.4, -0.2) is 152 Å². The van der Waals surface area contributed by atoms with Crippen LogP contribution in [0.15, 0.2) is 37.8 Å². The van der Waals surface area contributed by atoms with E-state index in [0.717, 1.165) is 22.0 Å². The molecule has 4 unspecified atom stereocenters. The van der Waals surface area contributed by atoms with Crippen molar-refractivity contribution in [3.05, 3.63) is 77.1 Å². The van der Waals surface area contributed by atoms with Gasteiger partial charge in [0.15, 0.2) is 0 Å². The van der Waals surface area contributed by atoms with Crippen molar-refractivity contribution >= 4 is 21.6 Å². The van der Waals surface area contributed by atoms with Crippen LogP contribution >= 0.6 is 15.6 Å². The van der Waals surface area contributed by atoms with Crippen molar-refractivity contribution in [2.24, 2.45) is 0 Å². The fourth-order valence-electron chi connectivity index (χ4n) is 7.13. The molecule has 0 aliphatic carbocycles. The summed E-state index contributed by atoms with van der Waals surface area (Å²) in [5.41, 5.74) is -2.44. The number of hydrogen-bond acceptors (Lipinski definition) is 20. The Morgan fingerprint density at radius 1 is 0.746 bits per heavy atom. The van der Waals surface area contributed by atoms with Gasteiger partial charge in [0, 0.05) is 49.3 Å². The highest BCUT2D eigenvalue weighted by Gasteiger charge is 2.44. The fourth-order valence-corrected chi connectivity index (χ4v) is 8.80. The van der Waals surface area contributed by atoms with Crippen LogP contribution < -0.4 is 27.8 Å². The molecule has 5 heterocycles. The molecule has 400 valence electrons. The van der Waals surface area contributed by atoms with Crippen LogP contribution in [0.25, 0.3) is 0 Å². The summed E-state index contributed by atoms with van der Waals surface area (Å²) in [5.74, 6) is -0.0165. The van der Waals surface area contributed by atoms with E-state index in [9.17, 15) is 48.0 Å². The maximum absolute atomic E-state index is 13.3. The molecular weight excluding hydrogens is 986 g/mol. The third kappa shape index (κ3) is 19.7. The molecular formula is C41H66N8O20P2. The van der Waals surface area contributed by atoms with E-state index in [1.807, 2.05) is 0 Å². The Hall–Kier alpha value is -4.09. The lowest BCUT2D eigenvalue weighted by Gasteiger charge is -2.23. The summed E-state index contributed by atoms with van der Waals surface area (Å²) in [4.78, 5) is 86.3. The largest absolute Gasteiger partial charge is 0.472 e. The summed E-state index contributed by atoms with van der Waals surface area (Å²) in [6.45, 7) is 6.71. The number of phosphoric acid groups is 2. The number of unbranched alkanes of at least 4 members (excludes halogenated alkanes) is 4. The zero-order valence-electron chi connectivity index (χ0n) is 40.0. The smallest absolute Gasteiger partial charge is 0.390 e. The van der Waals surface area contributed by atoms with Gasteiger partial charge in [-0.3, -0.25) is 51.6 Å². The summed E-state index contributed by atoms with van der Waals surface area (Å²) >= 11 is 0. The van der Waals surface area contributed by atoms with Crippen LogP contribution in [-0.2, 0) is 73.6 Å². The van der Waals surface area contributed by atoms with Gasteiger partial charge in [0.05, 0.1) is 84.9 Å². The van der Waals surface area contributed by atoms with Crippen molar-refractivity contribution < 1.29 is 75.3 Å². The number of carbonyl (C=O) groups is 1. The van der Waals surface area contributed by atoms with Gasteiger partial charge >= 0.3 is 27.0 Å². The number of hydrogen-bond donors (Lipinski definition) is 6. The second-order valence-electron chi connectivity index (χ2n) is 16.6. The molecule has 3 aromatic heterocycles. The van der Waals surface area contributed by atoms with E-state index >= 15 is 0 Å². The lowest BCUT2D eigenvalue weighted by atomic mass is 10.1. The first-order chi connectivity index (χ1) is 33.9. The zero-order chi connectivity index (χ0) is 51.4. The van der Waals surface area contributed by atoms with Crippen LogP contribution in [0.2, 0.25) is 0 Å². The van der Waals surface area contributed by atoms with E-state index in [1.165, 1.54) is 56.4 Å². The molecule has 6 N–H and O–H groups in total. The number of ether oxygens (including phenoxy) is 6. The van der Waals surface area contributed by atoms with Gasteiger partial charge in [-0.05, 0) is 20.3 Å². The molecule has 0 radical (unpaired) electrons. The molecule has 30 heteroatoms. The first-order valence-electron chi connectivity index (χ1n) is 23.3. The molecule has 0 bridgehead atoms. The van der Waals surface area contributed by atoms with E-state index in [4.69, 9.17) is 46.5 Å². The Balaban J connectivity index is 0.985. The highest BCUT2D eigenvalue weighted by Crippen LogP contribution is 2.50. The number of aromatic amines is 2. The first kappa shape index (κ1) is 57.8. The van der Waals surface area contributed by atoms with Crippen molar-refractivity contribution in [2.45, 2.75) is 122 Å². The minimum atomic E-state index is -5.07. The molecule has 8 atom stereocenters. The van der Waals surface area contributed by atoms with Crippen molar-refractivity contribution in [3.63, 3.8) is 0 Å². The van der Waals surface area contributed by atoms with E-state index < -0.39 is 94.8 Å². The van der Waals surface area contributed by atoms with Crippen LogP contribution in [0.3, 0.4) is 0 Å². The van der Waals surface area contributed by atoms with Gasteiger partial charge in [-0.15, -0.1) is 5.10 Å². The topological polar surface area (TPSA) is 357 Å². The molecule has 0 spiro atoms. The van der Waals surface area contributed by atoms with Gasteiger partial charge < -0.3 is 48.6 Å². The standard InChI is InChI=1S/C41H66N8O20P2/c1-4-5-6-7-8-10-42-35(51)9-12-60-14-16-62-18-19-63-17-15-61-13-11-47-24-30(45-46-47)25-64-70(56,57)65-27-34-32(21-37(68-34)49-23-29(3)39(53)44-41(49)55)69-71(58,59)66-26-33-31(50)20-36(67-33)48-22-28(2)38(52)43-40(48)54/h22-24,31-34,36-37,50H,4-21,25-27H2,1-3H3,(H,42,51)(H,56,57)(H,58,59)(H,43,52,54)(H,44,53,55)/t31?,32?,33-,34-,36-,37-/m1/s1. The van der Waals surface area contributed by atoms with E-state index in [-0.39, 0.29) is 48.7 Å². The van der Waals surface area contributed by atoms with Gasteiger partial charge in [0.25, 0.3) is 11.1 Å². The number of carbonyl (C=O) groups excluding carboxylic acids is 1. The maximum atomic E-state index is 13.3. The predicted molar refractivity (Wildman–Crippen MR) is 246 cm³/mol. The lowest BCUT2D eigenvalue weighted by molar-refractivity contribution is -0.122. The van der Waals surface area contributed by atoms with E-state index in [1.54, 1.807) is 0 Å². The Morgan fingerprint density at radius 2 is 1.30 bits per heavy atom. The van der Waals surface area contributed by atoms with Crippen molar-refractivity contribution in [2.75, 3.05) is 72.6 Å². The number of amides is 1. The second-order valence-corrected chi connectivity index (χ2v) is 19.5. The normalized spacial score (nSPS) is 21.9. The number of aryl methyl sites for hydroxylation is 2. The minimum absolute atomic E-state index is 0.0165. The second kappa shape index (κ2) is 29.0. The molecule has 0 aromatic carbocycles. The minimum Gasteiger partial charge on any atom is -0.390 e. The molecule has 3 aromatic rings. The van der Waals surface area contributed by atoms with Gasteiger partial charge in [-0.25, -0.2) is 23.4 Å². The molecule has 2 aliphatic heterocycles. The number of phosphoric ester groups is 2. The number of aliphatic hydroxyl groups is 1. The number of aliphatic hydroxyl groups excluding tert-OH is 1. The third-order valence-corrected chi connectivity index (χ3v) is 12.9. The van der Waals surface area contributed by atoms with Crippen LogP contribution in [0.4, 0.5) is 0 Å². The van der Waals surface area contributed by atoms with Crippen molar-refractivity contribution in [1.82, 2.24) is 39.4 Å². The van der Waals surface area contributed by atoms with Gasteiger partial charge in [-0.1, -0.05) is 37.8 Å². The van der Waals surface area contributed by atoms with Gasteiger partial charge in [0.2, 0.25) is 5.91 Å². The van der Waals surface area contributed by atoms with Gasteiger partial charge in [0.1, 0.15) is 43.1 Å². The van der Waals surface area contributed by atoms with Crippen LogP contribution in [0.5, 0.6) is 0 Å². The summed E-state index contributed by atoms with van der Waals surface area (Å²) in [7, 11) is -9.94. The van der Waals surface area contributed by atoms with Crippen LogP contribution in [0.1, 0.15) is 87.6 Å². The molecule has 2 fully saturated rings. The Morgan fingerprint density at radius 3 is 1.93 bits per heavy atom. The highest BCUT2D eigenvalue weighted by atomic mass is 31.2. The number of aromatic nitrogens is 7. The number of nitrogens with one attached hydrogen (secondary N) is 3. The zero-order valence-corrected chi connectivity index (χ0v) is 41.7. The Kier molecular flexibility index (Phi) is 23.6. The van der Waals surface area contributed by atoms with E-state index in [2.05, 4.69) is 32.5 Å². The average Bonchev–Trinajstić information content (AvgIpc) is 4.06. The Labute approximate surface area is 407 Å². The summed E-state index contributed by atoms with van der Waals surface area (Å²) in [6, 6.07) is 0. The quantitative estimate of drug-likeness (QED) is 0.0352. The number of rotatable bonds is 34. The molecule has 5 rings (SSSR count). The molecule has 0 saturated carbocycles. The van der Waals surface area contributed by atoms with Crippen molar-refractivity contribution in [1.29, 1.82) is 0 Å². The summed E-state index contributed by atoms with van der Waals surface area (Å²) in [5, 5.41) is 21.4. The molecule has 1 amide bonds. The molecule has 71 heavy (non-hydrogen) atoms. The lowest BCUT2D eigenvalue weighted by Crippen LogP contribution is -2.33. The fraction of sp³-hybridized carbons (Fsp3) is 0.732. The maximum Gasteiger partial charge on any atom is 0.472 e. The monoisotopic (exact) mass is 1050 g/mol. The van der Waals surface area contributed by atoms with Crippen molar-refractivity contribution in [3.8, 4) is 0 Å². The predicted octanol–water partition coefficient (Wildman–Crippen LogP) is 0.610. The number of H-pyrrole nitrogens is 2. The first-order valence-corrected chi connectivity index (χ1v) is 26.3. The SMILES string of the molecule is CCCCCCCNC(=O)CCOCCOCCOCCOCCn1cc(COP(=O)(O)OC[C@H]2O[C@@H](n3cc(C)c(=O)[nH]c3=O)CC2OP(=O)(O)OC[C@H]2O[C@@H](n3cc(C)c(=O)[nH]c3=O)CC2O)nn1. The summed E-state index contributed by atoms with van der Waals surface area (Å²) < 4.78 is 84.1. The third-order valence-electron chi connectivity index (χ3n) is 11.0. The van der Waals surface area contributed by atoms with Gasteiger partial charge in [-0.2, -0.15) is 0 Å². The van der Waals surface area contributed by atoms with Crippen LogP contribution in [0, 0.1) is 13.8 Å². The Bertz CT molecular complexity index is 2460. The van der Waals surface area contributed by atoms with E-state index in [0.29, 0.717) is 59.2 Å². The molecule has 28 nitrogen and oxygen atoms in total. The average molecular weight is 1050 g/mol.